The molecule has 1 aliphatic rings. The number of alkyl halides is 3. The summed E-state index contributed by atoms with van der Waals surface area (Å²) in [4.78, 5) is 33.9. The van der Waals surface area contributed by atoms with Crippen LogP contribution < -0.4 is 0 Å². The molecule has 0 unspecified atom stereocenters. The van der Waals surface area contributed by atoms with Gasteiger partial charge in [-0.2, -0.15) is 21.6 Å². The average Bonchev–Trinajstić information content (AvgIpc) is 2.54. The molecule has 0 spiro atoms. The zero-order valence-electron chi connectivity index (χ0n) is 15.6. The van der Waals surface area contributed by atoms with E-state index in [0.717, 1.165) is 27.9 Å². The van der Waals surface area contributed by atoms with Crippen LogP contribution in [0.25, 0.3) is 0 Å². The van der Waals surface area contributed by atoms with Gasteiger partial charge in [0, 0.05) is 27.9 Å². The van der Waals surface area contributed by atoms with Gasteiger partial charge in [0.2, 0.25) is 0 Å². The fraction of sp³-hybridized carbons (Fsp3) is 0.786. The van der Waals surface area contributed by atoms with Crippen LogP contribution in [0.15, 0.2) is 0 Å². The van der Waals surface area contributed by atoms with Gasteiger partial charge in [-0.1, -0.05) is 0 Å². The molecule has 0 N–H and O–H groups in total. The van der Waals surface area contributed by atoms with Crippen LogP contribution in [0.1, 0.15) is 20.8 Å². The Kier molecular flexibility index (Phi) is 8.37. The maximum Gasteiger partial charge on any atom is 0.523 e. The Labute approximate surface area is 163 Å². The van der Waals surface area contributed by atoms with E-state index in [1.807, 2.05) is 0 Å². The highest BCUT2D eigenvalue weighted by Crippen LogP contribution is 2.34. The molecule has 1 heterocycles. The molecule has 1 aliphatic heterocycles. The summed E-state index contributed by atoms with van der Waals surface area (Å²) in [5.41, 5.74) is -5.83. The molecule has 0 aromatic heterocycles. The number of hydrogen-bond acceptors (Lipinski definition) is 11. The maximum absolute atomic E-state index is 12.8. The Bertz CT molecular complexity index is 721. The standard InChI is InChI=1S/C14H19F3O11S/c1-6(18)24-5-9-10(25-7(2)19)11(28-29(21,22)14(15,16)17)12(26-8(3)20)13(23-4)27-9/h9-13H,5H2,1-4H3/t9-,10+,11+,12-,13-/m1/s1. The number of halogens is 3. The second kappa shape index (κ2) is 9.69. The molecule has 0 aromatic carbocycles. The van der Waals surface area contributed by atoms with Gasteiger partial charge in [-0.25, -0.2) is 0 Å². The Balaban J connectivity index is 3.43. The molecule has 0 aliphatic carbocycles. The number of carbonyl (C=O) groups excluding carboxylic acids is 3. The van der Waals surface area contributed by atoms with Gasteiger partial charge < -0.3 is 23.7 Å². The summed E-state index contributed by atoms with van der Waals surface area (Å²) in [5, 5.41) is 0. The molecular formula is C14H19F3O11S. The van der Waals surface area contributed by atoms with Crippen LogP contribution in [-0.2, 0) is 52.4 Å². The molecule has 1 rings (SSSR count). The highest BCUT2D eigenvalue weighted by atomic mass is 32.2. The van der Waals surface area contributed by atoms with Crippen molar-refractivity contribution in [1.29, 1.82) is 0 Å². The highest BCUT2D eigenvalue weighted by Gasteiger charge is 2.57. The quantitative estimate of drug-likeness (QED) is 0.223. The van der Waals surface area contributed by atoms with Crippen LogP contribution in [0.3, 0.4) is 0 Å². The lowest BCUT2D eigenvalue weighted by Crippen LogP contribution is -2.63. The normalized spacial score (nSPS) is 27.8. The van der Waals surface area contributed by atoms with E-state index in [1.165, 1.54) is 0 Å². The zero-order chi connectivity index (χ0) is 22.6. The third-order valence-electron chi connectivity index (χ3n) is 3.40. The molecule has 5 atom stereocenters. The second-order valence-electron chi connectivity index (χ2n) is 5.69. The fourth-order valence-corrected chi connectivity index (χ4v) is 2.98. The number of carbonyl (C=O) groups is 3. The van der Waals surface area contributed by atoms with Gasteiger partial charge in [0.1, 0.15) is 12.7 Å². The minimum atomic E-state index is -6.22. The van der Waals surface area contributed by atoms with E-state index in [0.29, 0.717) is 0 Å². The van der Waals surface area contributed by atoms with Gasteiger partial charge in [0.25, 0.3) is 0 Å². The van der Waals surface area contributed by atoms with Gasteiger partial charge in [-0.3, -0.25) is 18.6 Å². The van der Waals surface area contributed by atoms with Crippen molar-refractivity contribution in [1.82, 2.24) is 0 Å². The van der Waals surface area contributed by atoms with Crippen molar-refractivity contribution in [2.24, 2.45) is 0 Å². The number of esters is 3. The molecule has 0 bridgehead atoms. The maximum atomic E-state index is 12.8. The number of ether oxygens (including phenoxy) is 5. The molecule has 0 amide bonds. The lowest BCUT2D eigenvalue weighted by atomic mass is 9.98. The van der Waals surface area contributed by atoms with E-state index in [-0.39, 0.29) is 0 Å². The first kappa shape index (κ1) is 25.1. The molecule has 1 saturated heterocycles. The summed E-state index contributed by atoms with van der Waals surface area (Å²) in [6, 6.07) is 0. The number of hydrogen-bond donors (Lipinski definition) is 0. The summed E-state index contributed by atoms with van der Waals surface area (Å²) < 4.78 is 90.4. The van der Waals surface area contributed by atoms with Crippen molar-refractivity contribution in [2.45, 2.75) is 57.0 Å². The van der Waals surface area contributed by atoms with E-state index < -0.39 is 70.8 Å². The van der Waals surface area contributed by atoms with Gasteiger partial charge in [0.05, 0.1) is 0 Å². The van der Waals surface area contributed by atoms with Crippen molar-refractivity contribution < 1.29 is 63.8 Å². The lowest BCUT2D eigenvalue weighted by Gasteiger charge is -2.43. The predicted octanol–water partition coefficient (Wildman–Crippen LogP) is 0.0190. The van der Waals surface area contributed by atoms with Crippen LogP contribution in [0.4, 0.5) is 13.2 Å². The largest absolute Gasteiger partial charge is 0.523 e. The first-order valence-electron chi connectivity index (χ1n) is 7.85. The van der Waals surface area contributed by atoms with Gasteiger partial charge in [0.15, 0.2) is 24.6 Å². The van der Waals surface area contributed by atoms with E-state index >= 15 is 0 Å². The third-order valence-corrected chi connectivity index (χ3v) is 4.44. The van der Waals surface area contributed by atoms with Crippen LogP contribution in [0, 0.1) is 0 Å². The monoisotopic (exact) mass is 452 g/mol. The van der Waals surface area contributed by atoms with Crippen molar-refractivity contribution in [3.05, 3.63) is 0 Å². The topological polar surface area (TPSA) is 141 Å². The van der Waals surface area contributed by atoms with Gasteiger partial charge in [-0.15, -0.1) is 0 Å². The van der Waals surface area contributed by atoms with Crippen LogP contribution in [0.5, 0.6) is 0 Å². The molecule has 15 heteroatoms. The molecular weight excluding hydrogens is 433 g/mol. The van der Waals surface area contributed by atoms with Crippen molar-refractivity contribution in [2.75, 3.05) is 13.7 Å². The van der Waals surface area contributed by atoms with E-state index in [9.17, 15) is 36.0 Å². The molecule has 0 aromatic rings. The summed E-state index contributed by atoms with van der Waals surface area (Å²) in [6.07, 6.45) is -9.13. The van der Waals surface area contributed by atoms with Gasteiger partial charge in [-0.05, 0) is 0 Å². The predicted molar refractivity (Wildman–Crippen MR) is 83.3 cm³/mol. The molecule has 0 radical (unpaired) electrons. The average molecular weight is 452 g/mol. The molecule has 0 saturated carbocycles. The smallest absolute Gasteiger partial charge is 0.463 e. The second-order valence-corrected chi connectivity index (χ2v) is 7.25. The van der Waals surface area contributed by atoms with Crippen LogP contribution in [0.2, 0.25) is 0 Å². The minimum absolute atomic E-state index is 0.661. The summed E-state index contributed by atoms with van der Waals surface area (Å²) in [6.45, 7) is 2.11. The first-order valence-corrected chi connectivity index (χ1v) is 9.26. The van der Waals surface area contributed by atoms with Crippen LogP contribution >= 0.6 is 0 Å². The number of methoxy groups -OCH3 is 1. The fourth-order valence-electron chi connectivity index (χ4n) is 2.36. The van der Waals surface area contributed by atoms with E-state index in [2.05, 4.69) is 4.18 Å². The SMILES string of the molecule is CO[C@@H]1O[C@H](COC(C)=O)[C@H](OC(C)=O)[C@H](OS(=O)(=O)C(F)(F)F)[C@H]1OC(C)=O. The molecule has 1 fully saturated rings. The highest BCUT2D eigenvalue weighted by molar-refractivity contribution is 7.87. The Morgan fingerprint density at radius 1 is 0.931 bits per heavy atom. The summed E-state index contributed by atoms with van der Waals surface area (Å²) >= 11 is 0. The third kappa shape index (κ3) is 6.80. The van der Waals surface area contributed by atoms with Crippen molar-refractivity contribution in [3.8, 4) is 0 Å². The summed E-state index contributed by atoms with van der Waals surface area (Å²) in [7, 11) is -5.20. The first-order chi connectivity index (χ1) is 13.2. The van der Waals surface area contributed by atoms with E-state index in [4.69, 9.17) is 23.7 Å². The molecule has 168 valence electrons. The minimum Gasteiger partial charge on any atom is -0.463 e. The molecule has 11 nitrogen and oxygen atoms in total. The Morgan fingerprint density at radius 3 is 1.86 bits per heavy atom. The van der Waals surface area contributed by atoms with Crippen molar-refractivity contribution >= 4 is 28.0 Å². The Hall–Kier alpha value is -1.97. The number of rotatable bonds is 7. The lowest BCUT2D eigenvalue weighted by molar-refractivity contribution is -0.296. The van der Waals surface area contributed by atoms with Gasteiger partial charge >= 0.3 is 33.5 Å². The van der Waals surface area contributed by atoms with E-state index in [1.54, 1.807) is 0 Å². The van der Waals surface area contributed by atoms with Crippen LogP contribution in [-0.4, -0.2) is 76.3 Å². The Morgan fingerprint density at radius 2 is 1.45 bits per heavy atom. The summed E-state index contributed by atoms with van der Waals surface area (Å²) in [5.74, 6) is -2.91. The van der Waals surface area contributed by atoms with Crippen molar-refractivity contribution in [3.63, 3.8) is 0 Å². The zero-order valence-corrected chi connectivity index (χ0v) is 16.4. The molecule has 29 heavy (non-hydrogen) atoms.